The van der Waals surface area contributed by atoms with Crippen LogP contribution in [0.25, 0.3) is 11.1 Å². The van der Waals surface area contributed by atoms with Crippen molar-refractivity contribution in [2.75, 3.05) is 0 Å². The highest BCUT2D eigenvalue weighted by molar-refractivity contribution is 6.34. The number of nitrogens with one attached hydrogen (secondary N) is 1. The van der Waals surface area contributed by atoms with Gasteiger partial charge in [0.05, 0.1) is 0 Å². The fourth-order valence-corrected chi connectivity index (χ4v) is 2.69. The molecule has 0 radical (unpaired) electrons. The van der Waals surface area contributed by atoms with E-state index < -0.39 is 5.38 Å². The predicted octanol–water partition coefficient (Wildman–Crippen LogP) is 4.57. The van der Waals surface area contributed by atoms with Gasteiger partial charge in [-0.15, -0.1) is 11.6 Å². The maximum atomic E-state index is 12.0. The van der Waals surface area contributed by atoms with Crippen molar-refractivity contribution in [1.82, 2.24) is 5.32 Å². The molecule has 0 saturated heterocycles. The van der Waals surface area contributed by atoms with Crippen molar-refractivity contribution >= 4 is 29.1 Å². The Hall–Kier alpha value is -1.51. The van der Waals surface area contributed by atoms with Crippen molar-refractivity contribution in [3.63, 3.8) is 0 Å². The molecule has 3 rings (SSSR count). The zero-order chi connectivity index (χ0) is 14.8. The van der Waals surface area contributed by atoms with Crippen molar-refractivity contribution in [3.8, 4) is 11.1 Å². The minimum atomic E-state index is -0.701. The number of amides is 1. The van der Waals surface area contributed by atoms with Crippen LogP contribution >= 0.6 is 23.2 Å². The Morgan fingerprint density at radius 2 is 1.86 bits per heavy atom. The summed E-state index contributed by atoms with van der Waals surface area (Å²) < 4.78 is 0. The van der Waals surface area contributed by atoms with Crippen molar-refractivity contribution in [3.05, 3.63) is 59.1 Å². The van der Waals surface area contributed by atoms with Crippen LogP contribution in [0.2, 0.25) is 5.02 Å². The SMILES string of the molecule is O=C(NC1CC1)C(Cl)c1ccc(-c2ccccc2)c(Cl)c1. The van der Waals surface area contributed by atoms with E-state index in [-0.39, 0.29) is 5.91 Å². The van der Waals surface area contributed by atoms with E-state index in [9.17, 15) is 4.79 Å². The van der Waals surface area contributed by atoms with Crippen molar-refractivity contribution in [1.29, 1.82) is 0 Å². The van der Waals surface area contributed by atoms with Crippen molar-refractivity contribution in [2.45, 2.75) is 24.3 Å². The number of rotatable bonds is 4. The molecule has 0 aliphatic heterocycles. The summed E-state index contributed by atoms with van der Waals surface area (Å²) >= 11 is 12.6. The van der Waals surface area contributed by atoms with Gasteiger partial charge in [-0.05, 0) is 30.0 Å². The van der Waals surface area contributed by atoms with Gasteiger partial charge in [0.25, 0.3) is 0 Å². The minimum absolute atomic E-state index is 0.150. The lowest BCUT2D eigenvalue weighted by molar-refractivity contribution is -0.121. The molecular formula is C17H15Cl2NO. The number of halogens is 2. The van der Waals surface area contributed by atoms with Crippen LogP contribution in [0.5, 0.6) is 0 Å². The van der Waals surface area contributed by atoms with Gasteiger partial charge in [0, 0.05) is 16.6 Å². The molecule has 1 amide bonds. The molecule has 1 N–H and O–H groups in total. The van der Waals surface area contributed by atoms with Crippen LogP contribution in [0.3, 0.4) is 0 Å². The molecule has 1 aliphatic rings. The summed E-state index contributed by atoms with van der Waals surface area (Å²) in [4.78, 5) is 12.0. The Kier molecular flexibility index (Phi) is 4.18. The molecule has 2 nitrogen and oxygen atoms in total. The van der Waals surface area contributed by atoms with E-state index in [0.29, 0.717) is 11.1 Å². The first-order valence-corrected chi connectivity index (χ1v) is 7.76. The average molecular weight is 320 g/mol. The van der Waals surface area contributed by atoms with Crippen molar-refractivity contribution in [2.24, 2.45) is 0 Å². The predicted molar refractivity (Wildman–Crippen MR) is 86.6 cm³/mol. The van der Waals surface area contributed by atoms with Gasteiger partial charge in [-0.2, -0.15) is 0 Å². The van der Waals surface area contributed by atoms with E-state index in [4.69, 9.17) is 23.2 Å². The zero-order valence-electron chi connectivity index (χ0n) is 11.4. The molecule has 4 heteroatoms. The lowest BCUT2D eigenvalue weighted by Gasteiger charge is -2.12. The molecule has 1 saturated carbocycles. The van der Waals surface area contributed by atoms with Gasteiger partial charge in [0.1, 0.15) is 5.38 Å². The van der Waals surface area contributed by atoms with Gasteiger partial charge in [0.15, 0.2) is 0 Å². The third-order valence-electron chi connectivity index (χ3n) is 3.52. The average Bonchev–Trinajstić information content (AvgIpc) is 3.31. The fourth-order valence-electron chi connectivity index (χ4n) is 2.19. The third kappa shape index (κ3) is 3.39. The highest BCUT2D eigenvalue weighted by Crippen LogP contribution is 2.32. The Morgan fingerprint density at radius 3 is 2.48 bits per heavy atom. The van der Waals surface area contributed by atoms with E-state index in [1.54, 1.807) is 6.07 Å². The Balaban J connectivity index is 1.81. The summed E-state index contributed by atoms with van der Waals surface area (Å²) in [5, 5.41) is 2.80. The summed E-state index contributed by atoms with van der Waals surface area (Å²) in [6.07, 6.45) is 2.09. The Labute approximate surface area is 134 Å². The second kappa shape index (κ2) is 6.08. The number of hydrogen-bond acceptors (Lipinski definition) is 1. The van der Waals surface area contributed by atoms with Crippen LogP contribution in [-0.2, 0) is 4.79 Å². The highest BCUT2D eigenvalue weighted by atomic mass is 35.5. The van der Waals surface area contributed by atoms with Crippen LogP contribution in [-0.4, -0.2) is 11.9 Å². The Morgan fingerprint density at radius 1 is 1.14 bits per heavy atom. The molecule has 1 fully saturated rings. The molecule has 2 aromatic rings. The van der Waals surface area contributed by atoms with E-state index in [1.165, 1.54) is 0 Å². The number of benzene rings is 2. The first-order valence-electron chi connectivity index (χ1n) is 6.94. The van der Waals surface area contributed by atoms with Crippen molar-refractivity contribution < 1.29 is 4.79 Å². The van der Waals surface area contributed by atoms with Gasteiger partial charge in [-0.3, -0.25) is 4.79 Å². The highest BCUT2D eigenvalue weighted by Gasteiger charge is 2.27. The van der Waals surface area contributed by atoms with Crippen LogP contribution in [0.15, 0.2) is 48.5 Å². The monoisotopic (exact) mass is 319 g/mol. The lowest BCUT2D eigenvalue weighted by atomic mass is 10.0. The largest absolute Gasteiger partial charge is 0.352 e. The van der Waals surface area contributed by atoms with Gasteiger partial charge in [-0.1, -0.05) is 54.1 Å². The quantitative estimate of drug-likeness (QED) is 0.822. The normalized spacial score (nSPS) is 15.5. The lowest BCUT2D eigenvalue weighted by Crippen LogP contribution is -2.28. The van der Waals surface area contributed by atoms with Gasteiger partial charge >= 0.3 is 0 Å². The molecule has 108 valence electrons. The third-order valence-corrected chi connectivity index (χ3v) is 4.29. The molecular weight excluding hydrogens is 305 g/mol. The second-order valence-electron chi connectivity index (χ2n) is 5.25. The molecule has 1 unspecified atom stereocenters. The summed E-state index contributed by atoms with van der Waals surface area (Å²) in [5.74, 6) is -0.150. The standard InChI is InChI=1S/C17H15Cl2NO/c18-15-10-12(16(19)17(21)20-13-7-8-13)6-9-14(15)11-4-2-1-3-5-11/h1-6,9-10,13,16H,7-8H2,(H,20,21). The maximum absolute atomic E-state index is 12.0. The van der Waals surface area contributed by atoms with Gasteiger partial charge < -0.3 is 5.32 Å². The molecule has 2 aromatic carbocycles. The topological polar surface area (TPSA) is 29.1 Å². The first-order chi connectivity index (χ1) is 10.1. The van der Waals surface area contributed by atoms with E-state index in [0.717, 1.165) is 29.5 Å². The van der Waals surface area contributed by atoms with Crippen LogP contribution in [0.1, 0.15) is 23.8 Å². The molecule has 1 aliphatic carbocycles. The number of hydrogen-bond donors (Lipinski definition) is 1. The van der Waals surface area contributed by atoms with Crippen LogP contribution in [0, 0.1) is 0 Å². The molecule has 0 aromatic heterocycles. The van der Waals surface area contributed by atoms with E-state index in [1.807, 2.05) is 42.5 Å². The number of alkyl halides is 1. The smallest absolute Gasteiger partial charge is 0.242 e. The zero-order valence-corrected chi connectivity index (χ0v) is 12.9. The second-order valence-corrected chi connectivity index (χ2v) is 6.09. The number of carbonyl (C=O) groups excluding carboxylic acids is 1. The maximum Gasteiger partial charge on any atom is 0.242 e. The first kappa shape index (κ1) is 14.4. The Bertz CT molecular complexity index is 653. The van der Waals surface area contributed by atoms with Gasteiger partial charge in [0.2, 0.25) is 5.91 Å². The van der Waals surface area contributed by atoms with Crippen LogP contribution in [0.4, 0.5) is 0 Å². The molecule has 21 heavy (non-hydrogen) atoms. The molecule has 0 spiro atoms. The molecule has 0 heterocycles. The van der Waals surface area contributed by atoms with E-state index >= 15 is 0 Å². The van der Waals surface area contributed by atoms with E-state index in [2.05, 4.69) is 5.32 Å². The summed E-state index contributed by atoms with van der Waals surface area (Å²) in [6, 6.07) is 15.7. The summed E-state index contributed by atoms with van der Waals surface area (Å²) in [5.41, 5.74) is 2.70. The summed E-state index contributed by atoms with van der Waals surface area (Å²) in [7, 11) is 0. The molecule has 0 bridgehead atoms. The minimum Gasteiger partial charge on any atom is -0.352 e. The van der Waals surface area contributed by atoms with Gasteiger partial charge in [-0.25, -0.2) is 0 Å². The van der Waals surface area contributed by atoms with Crippen LogP contribution < -0.4 is 5.32 Å². The number of carbonyl (C=O) groups is 1. The summed E-state index contributed by atoms with van der Waals surface area (Å²) in [6.45, 7) is 0. The fraction of sp³-hybridized carbons (Fsp3) is 0.235. The molecule has 1 atom stereocenters.